The zero-order valence-electron chi connectivity index (χ0n) is 24.1. The number of para-hydroxylation sites is 1. The minimum absolute atomic E-state index is 0.0668. The molecule has 1 aliphatic rings. The Labute approximate surface area is 247 Å². The lowest BCUT2D eigenvalue weighted by molar-refractivity contribution is -0.386. The fourth-order valence-electron chi connectivity index (χ4n) is 5.39. The van der Waals surface area contributed by atoms with Crippen LogP contribution in [0.1, 0.15) is 60.2 Å². The van der Waals surface area contributed by atoms with Crippen LogP contribution in [0.2, 0.25) is 0 Å². The van der Waals surface area contributed by atoms with Crippen LogP contribution in [0, 0.1) is 17.0 Å². The molecule has 1 fully saturated rings. The molecule has 1 aliphatic carbocycles. The van der Waals surface area contributed by atoms with Gasteiger partial charge in [0.15, 0.2) is 0 Å². The average Bonchev–Trinajstić information content (AvgIpc) is 2.97. The molecule has 3 aromatic rings. The van der Waals surface area contributed by atoms with Gasteiger partial charge in [-0.3, -0.25) is 24.6 Å². The van der Waals surface area contributed by atoms with E-state index in [0.717, 1.165) is 0 Å². The number of hydrogen-bond donors (Lipinski definition) is 2. The maximum atomic E-state index is 13.1. The van der Waals surface area contributed by atoms with Gasteiger partial charge in [0.25, 0.3) is 11.6 Å². The molecule has 0 radical (unpaired) electrons. The number of ether oxygens (including phenoxy) is 1. The Bertz CT molecular complexity index is 1590. The quantitative estimate of drug-likeness (QED) is 0.189. The van der Waals surface area contributed by atoms with E-state index in [9.17, 15) is 34.4 Å². The molecular weight excluding hydrogens is 560 g/mol. The van der Waals surface area contributed by atoms with Crippen molar-refractivity contribution in [1.29, 1.82) is 0 Å². The molecule has 1 atom stereocenters. The number of carbonyl (C=O) groups is 3. The number of fused-ring (bicyclic) bond motifs is 1. The summed E-state index contributed by atoms with van der Waals surface area (Å²) in [5, 5.41) is 28.5. The van der Waals surface area contributed by atoms with Gasteiger partial charge in [-0.15, -0.1) is 0 Å². The van der Waals surface area contributed by atoms with Crippen molar-refractivity contribution in [3.8, 4) is 5.75 Å². The van der Waals surface area contributed by atoms with E-state index in [0.29, 0.717) is 47.9 Å². The molecule has 1 heterocycles. The second-order valence-corrected chi connectivity index (χ2v) is 10.6. The van der Waals surface area contributed by atoms with Crippen LogP contribution in [0.15, 0.2) is 51.7 Å². The summed E-state index contributed by atoms with van der Waals surface area (Å²) in [5.41, 5.74) is 0.214. The summed E-state index contributed by atoms with van der Waals surface area (Å²) in [6, 6.07) is 10.6. The maximum absolute atomic E-state index is 13.1. The van der Waals surface area contributed by atoms with E-state index in [1.165, 1.54) is 25.2 Å². The Morgan fingerprint density at radius 3 is 2.47 bits per heavy atom. The van der Waals surface area contributed by atoms with Gasteiger partial charge < -0.3 is 29.7 Å². The fraction of sp³-hybridized carbons (Fsp3) is 0.400. The second-order valence-electron chi connectivity index (χ2n) is 10.6. The van der Waals surface area contributed by atoms with E-state index in [1.54, 1.807) is 43.0 Å². The molecule has 0 aliphatic heterocycles. The van der Waals surface area contributed by atoms with Gasteiger partial charge in [0.1, 0.15) is 23.0 Å². The molecule has 1 aromatic heterocycles. The van der Waals surface area contributed by atoms with E-state index in [4.69, 9.17) is 9.15 Å². The lowest BCUT2D eigenvalue weighted by atomic mass is 9.90. The second kappa shape index (κ2) is 13.5. The Hall–Kier alpha value is -4.78. The minimum Gasteiger partial charge on any atom is -0.549 e. The molecule has 1 unspecified atom stereocenters. The highest BCUT2D eigenvalue weighted by molar-refractivity contribution is 5.97. The molecule has 13 nitrogen and oxygen atoms in total. The molecule has 13 heteroatoms. The van der Waals surface area contributed by atoms with Crippen molar-refractivity contribution in [2.24, 2.45) is 0 Å². The average molecular weight is 594 g/mol. The number of carbonyl (C=O) groups excluding carboxylic acids is 3. The van der Waals surface area contributed by atoms with Crippen LogP contribution in [-0.2, 0) is 9.59 Å². The maximum Gasteiger partial charge on any atom is 0.349 e. The summed E-state index contributed by atoms with van der Waals surface area (Å²) < 4.78 is 11.5. The highest BCUT2D eigenvalue weighted by atomic mass is 16.6. The van der Waals surface area contributed by atoms with Gasteiger partial charge in [-0.2, -0.15) is 0 Å². The molecule has 228 valence electrons. The van der Waals surface area contributed by atoms with Gasteiger partial charge in [-0.1, -0.05) is 12.1 Å². The lowest BCUT2D eigenvalue weighted by Crippen LogP contribution is -2.50. The van der Waals surface area contributed by atoms with Crippen molar-refractivity contribution in [3.05, 3.63) is 79.7 Å². The van der Waals surface area contributed by atoms with Crippen LogP contribution < -0.4 is 26.1 Å². The van der Waals surface area contributed by atoms with Crippen LogP contribution in [0.5, 0.6) is 5.75 Å². The van der Waals surface area contributed by atoms with Crippen molar-refractivity contribution in [3.63, 3.8) is 0 Å². The number of benzene rings is 2. The molecule has 2 aromatic carbocycles. The SMILES string of the molecule is CNC(=O)CN(CC(=O)[O-])C1CCC(NC(=O)c2cc3cc(C)c(OC(C)c4ccccc4[N+](=O)[O-])cc3oc2=O)CC1. The number of nitro groups is 1. The van der Waals surface area contributed by atoms with E-state index < -0.39 is 28.5 Å². The Morgan fingerprint density at radius 2 is 1.81 bits per heavy atom. The molecule has 2 amide bonds. The van der Waals surface area contributed by atoms with E-state index in [1.807, 2.05) is 0 Å². The zero-order chi connectivity index (χ0) is 31.3. The lowest BCUT2D eigenvalue weighted by Gasteiger charge is -2.36. The third-order valence-electron chi connectivity index (χ3n) is 7.66. The highest BCUT2D eigenvalue weighted by Gasteiger charge is 2.29. The van der Waals surface area contributed by atoms with Gasteiger partial charge in [0, 0.05) is 43.2 Å². The van der Waals surface area contributed by atoms with E-state index in [-0.39, 0.29) is 47.9 Å². The third-order valence-corrected chi connectivity index (χ3v) is 7.66. The predicted octanol–water partition coefficient (Wildman–Crippen LogP) is 1.99. The highest BCUT2D eigenvalue weighted by Crippen LogP contribution is 2.32. The first-order valence-corrected chi connectivity index (χ1v) is 13.9. The number of nitrogens with one attached hydrogen (secondary N) is 2. The number of likely N-dealkylation sites (N-methyl/N-ethyl adjacent to an activating group) is 1. The molecular formula is C30H33N4O9-. The summed E-state index contributed by atoms with van der Waals surface area (Å²) in [7, 11) is 1.48. The van der Waals surface area contributed by atoms with Crippen LogP contribution in [-0.4, -0.2) is 59.8 Å². The summed E-state index contributed by atoms with van der Waals surface area (Å²) >= 11 is 0. The number of nitro benzene ring substituents is 1. The Balaban J connectivity index is 1.44. The first-order chi connectivity index (χ1) is 20.5. The van der Waals surface area contributed by atoms with Gasteiger partial charge in [-0.05, 0) is 63.3 Å². The number of carboxylic acids is 1. The molecule has 4 rings (SSSR count). The predicted molar refractivity (Wildman–Crippen MR) is 154 cm³/mol. The molecule has 0 saturated heterocycles. The molecule has 0 bridgehead atoms. The van der Waals surface area contributed by atoms with Gasteiger partial charge in [0.2, 0.25) is 5.91 Å². The smallest absolute Gasteiger partial charge is 0.349 e. The monoisotopic (exact) mass is 593 g/mol. The number of aliphatic carboxylic acids is 1. The number of carboxylic acid groups (broad SMARTS) is 1. The van der Waals surface area contributed by atoms with Crippen LogP contribution in [0.4, 0.5) is 5.69 Å². The zero-order valence-corrected chi connectivity index (χ0v) is 24.1. The summed E-state index contributed by atoms with van der Waals surface area (Å²) in [6.07, 6.45) is 1.50. The normalized spacial score (nSPS) is 17.3. The summed E-state index contributed by atoms with van der Waals surface area (Å²) in [4.78, 5) is 61.4. The van der Waals surface area contributed by atoms with Gasteiger partial charge >= 0.3 is 5.63 Å². The number of amides is 2. The largest absolute Gasteiger partial charge is 0.549 e. The molecule has 1 saturated carbocycles. The Morgan fingerprint density at radius 1 is 1.12 bits per heavy atom. The molecule has 43 heavy (non-hydrogen) atoms. The van der Waals surface area contributed by atoms with Crippen molar-refractivity contribution in [2.75, 3.05) is 20.1 Å². The standard InChI is InChI=1S/C30H34N4O9/c1-17-12-19-13-23(29(38)32-20-8-10-21(11-9-20)33(16-28(36)37)15-27(35)31-3)30(39)43-26(19)14-25(17)42-18(2)22-6-4-5-7-24(22)34(40)41/h4-7,12-14,18,20-21H,8-11,15-16H2,1-3H3,(H,31,35)(H,32,38)(H,36,37)/p-1. The molecule has 2 N–H and O–H groups in total. The first-order valence-electron chi connectivity index (χ1n) is 13.9. The van der Waals surface area contributed by atoms with E-state index >= 15 is 0 Å². The van der Waals surface area contributed by atoms with Gasteiger partial charge in [-0.25, -0.2) is 4.79 Å². The molecule has 0 spiro atoms. The number of hydrogen-bond acceptors (Lipinski definition) is 10. The van der Waals surface area contributed by atoms with Crippen molar-refractivity contribution in [2.45, 2.75) is 57.7 Å². The van der Waals surface area contributed by atoms with Gasteiger partial charge in [0.05, 0.1) is 23.0 Å². The number of aryl methyl sites for hydroxylation is 1. The minimum atomic E-state index is -1.27. The van der Waals surface area contributed by atoms with Crippen LogP contribution in [0.3, 0.4) is 0 Å². The van der Waals surface area contributed by atoms with Crippen molar-refractivity contribution in [1.82, 2.24) is 15.5 Å². The number of rotatable bonds is 11. The van der Waals surface area contributed by atoms with Crippen molar-refractivity contribution >= 4 is 34.4 Å². The first kappa shape index (κ1) is 31.2. The summed E-state index contributed by atoms with van der Waals surface area (Å²) in [5.74, 6) is -1.78. The summed E-state index contributed by atoms with van der Waals surface area (Å²) in [6.45, 7) is 3.02. The third kappa shape index (κ3) is 7.55. The Kier molecular flexibility index (Phi) is 9.76. The topological polar surface area (TPSA) is 184 Å². The van der Waals surface area contributed by atoms with E-state index in [2.05, 4.69) is 10.6 Å². The van der Waals surface area contributed by atoms with Crippen LogP contribution in [0.25, 0.3) is 11.0 Å². The van der Waals surface area contributed by atoms with Crippen molar-refractivity contribution < 1.29 is 33.6 Å². The van der Waals surface area contributed by atoms with Crippen LogP contribution >= 0.6 is 0 Å². The number of nitrogens with zero attached hydrogens (tertiary/aromatic N) is 2. The fourth-order valence-corrected chi connectivity index (χ4v) is 5.39.